The molecular formula is C26H24ClN5O4. The van der Waals surface area contributed by atoms with Crippen LogP contribution in [0, 0.1) is 20.8 Å². The average Bonchev–Trinajstić information content (AvgIpc) is 3.35. The number of benzene rings is 2. The molecule has 0 aliphatic rings. The van der Waals surface area contributed by atoms with Gasteiger partial charge in [0.1, 0.15) is 28.8 Å². The van der Waals surface area contributed by atoms with Crippen molar-refractivity contribution in [1.29, 1.82) is 0 Å². The Bertz CT molecular complexity index is 1590. The largest absolute Gasteiger partial charge is 0.496 e. The summed E-state index contributed by atoms with van der Waals surface area (Å²) in [6.07, 6.45) is -0.145. The Morgan fingerprint density at radius 2 is 1.94 bits per heavy atom. The Hall–Kier alpha value is -4.11. The van der Waals surface area contributed by atoms with Gasteiger partial charge in [-0.15, -0.1) is 0 Å². The summed E-state index contributed by atoms with van der Waals surface area (Å²) in [6.45, 7) is 5.54. The van der Waals surface area contributed by atoms with Crippen LogP contribution in [0.2, 0.25) is 5.02 Å². The molecule has 3 heterocycles. The van der Waals surface area contributed by atoms with E-state index in [9.17, 15) is 9.90 Å². The molecule has 0 saturated carbocycles. The van der Waals surface area contributed by atoms with Crippen molar-refractivity contribution in [3.8, 4) is 16.9 Å². The van der Waals surface area contributed by atoms with Crippen molar-refractivity contribution in [1.82, 2.24) is 20.1 Å². The maximum absolute atomic E-state index is 11.7. The van der Waals surface area contributed by atoms with Crippen LogP contribution in [0.25, 0.3) is 33.1 Å². The minimum absolute atomic E-state index is 0.145. The number of aryl methyl sites for hydroxylation is 3. The van der Waals surface area contributed by atoms with Crippen LogP contribution >= 0.6 is 11.6 Å². The number of fused-ring (bicyclic) bond motifs is 3. The highest BCUT2D eigenvalue weighted by Crippen LogP contribution is 2.41. The van der Waals surface area contributed by atoms with Crippen molar-refractivity contribution >= 4 is 45.3 Å². The number of anilines is 1. The Balaban J connectivity index is 1.69. The number of nitrogens with zero attached hydrogens (tertiary/aromatic N) is 3. The third kappa shape index (κ3) is 4.22. The van der Waals surface area contributed by atoms with Crippen molar-refractivity contribution in [3.63, 3.8) is 0 Å². The molecule has 9 nitrogen and oxygen atoms in total. The molecule has 0 radical (unpaired) electrons. The number of hydrogen-bond donors (Lipinski definition) is 3. The van der Waals surface area contributed by atoms with Crippen LogP contribution < -0.4 is 10.1 Å². The first kappa shape index (κ1) is 23.6. The summed E-state index contributed by atoms with van der Waals surface area (Å²) in [5.74, 6) is 1.47. The highest BCUT2D eigenvalue weighted by atomic mass is 35.5. The van der Waals surface area contributed by atoms with Crippen molar-refractivity contribution in [3.05, 3.63) is 64.3 Å². The summed E-state index contributed by atoms with van der Waals surface area (Å²) in [7, 11) is 1.61. The molecule has 5 rings (SSSR count). The number of carboxylic acids is 1. The van der Waals surface area contributed by atoms with E-state index in [2.05, 4.69) is 25.4 Å². The third-order valence-electron chi connectivity index (χ3n) is 6.15. The van der Waals surface area contributed by atoms with E-state index in [4.69, 9.17) is 20.9 Å². The fourth-order valence-corrected chi connectivity index (χ4v) is 4.68. The molecule has 0 saturated heterocycles. The Kier molecular flexibility index (Phi) is 6.01. The number of carbonyl (C=O) groups is 1. The molecular weight excluding hydrogens is 482 g/mol. The fraction of sp³-hybridized carbons (Fsp3) is 0.231. The summed E-state index contributed by atoms with van der Waals surface area (Å²) >= 11 is 6.05. The molecule has 5 aromatic rings. The fourth-order valence-electron chi connectivity index (χ4n) is 4.56. The number of rotatable bonds is 7. The van der Waals surface area contributed by atoms with Crippen LogP contribution in [-0.2, 0) is 4.79 Å². The predicted octanol–water partition coefficient (Wildman–Crippen LogP) is 5.98. The summed E-state index contributed by atoms with van der Waals surface area (Å²) < 4.78 is 11.1. The first-order valence-corrected chi connectivity index (χ1v) is 11.7. The lowest BCUT2D eigenvalue weighted by Gasteiger charge is -2.19. The standard InChI is InChI=1S/C26H24ClN5O4/c1-12-23(13(2)36-32-12)18-9-20-17(10-21(18)35-4)24-25(28-14(3)29-26(24)31-20)30-19(11-22(33)34)15-5-7-16(27)8-6-15/h5-10,19H,11H2,1-4H3,(H,33,34)(H2,28,29,30,31)/t19-/m1/s1. The maximum Gasteiger partial charge on any atom is 0.305 e. The molecule has 0 aliphatic heterocycles. The van der Waals surface area contributed by atoms with Gasteiger partial charge < -0.3 is 24.7 Å². The van der Waals surface area contributed by atoms with E-state index in [1.165, 1.54) is 0 Å². The second kappa shape index (κ2) is 9.16. The van der Waals surface area contributed by atoms with Gasteiger partial charge in [-0.1, -0.05) is 28.9 Å². The molecule has 184 valence electrons. The van der Waals surface area contributed by atoms with E-state index >= 15 is 0 Å². The number of aliphatic carboxylic acids is 1. The molecule has 36 heavy (non-hydrogen) atoms. The summed E-state index contributed by atoms with van der Waals surface area (Å²) in [4.78, 5) is 24.3. The maximum atomic E-state index is 11.7. The lowest BCUT2D eigenvalue weighted by Crippen LogP contribution is -2.16. The number of nitrogens with one attached hydrogen (secondary N) is 2. The normalized spacial score (nSPS) is 12.2. The molecule has 3 N–H and O–H groups in total. The zero-order valence-electron chi connectivity index (χ0n) is 20.1. The van der Waals surface area contributed by atoms with Gasteiger partial charge in [0.25, 0.3) is 0 Å². The van der Waals surface area contributed by atoms with E-state index < -0.39 is 12.0 Å². The van der Waals surface area contributed by atoms with E-state index in [1.54, 1.807) is 26.2 Å². The van der Waals surface area contributed by atoms with Gasteiger partial charge in [-0.25, -0.2) is 9.97 Å². The van der Waals surface area contributed by atoms with Crippen molar-refractivity contribution < 1.29 is 19.2 Å². The minimum Gasteiger partial charge on any atom is -0.496 e. The molecule has 0 spiro atoms. The van der Waals surface area contributed by atoms with Crippen molar-refractivity contribution in [2.75, 3.05) is 12.4 Å². The van der Waals surface area contributed by atoms with Crippen LogP contribution in [0.1, 0.15) is 35.3 Å². The number of carboxylic acid groups (broad SMARTS) is 1. The van der Waals surface area contributed by atoms with Gasteiger partial charge in [-0.2, -0.15) is 0 Å². The Morgan fingerprint density at radius 3 is 2.58 bits per heavy atom. The van der Waals surface area contributed by atoms with Crippen molar-refractivity contribution in [2.24, 2.45) is 0 Å². The van der Waals surface area contributed by atoms with Crippen LogP contribution in [0.15, 0.2) is 40.9 Å². The molecule has 0 fully saturated rings. The highest BCUT2D eigenvalue weighted by molar-refractivity contribution is 6.30. The monoisotopic (exact) mass is 505 g/mol. The number of methoxy groups -OCH3 is 1. The number of aromatic amines is 1. The zero-order valence-corrected chi connectivity index (χ0v) is 20.9. The molecule has 3 aromatic heterocycles. The zero-order chi connectivity index (χ0) is 25.6. The number of ether oxygens (including phenoxy) is 1. The Labute approximate surface area is 211 Å². The molecule has 1 atom stereocenters. The summed E-state index contributed by atoms with van der Waals surface area (Å²) in [5.41, 5.74) is 4.71. The smallest absolute Gasteiger partial charge is 0.305 e. The predicted molar refractivity (Wildman–Crippen MR) is 138 cm³/mol. The molecule has 0 bridgehead atoms. The van der Waals surface area contributed by atoms with Gasteiger partial charge in [-0.05, 0) is 50.6 Å². The number of aromatic nitrogens is 4. The summed E-state index contributed by atoms with van der Waals surface area (Å²) in [5, 5.41) is 19.2. The van der Waals surface area contributed by atoms with E-state index in [0.717, 1.165) is 38.7 Å². The first-order valence-electron chi connectivity index (χ1n) is 11.3. The average molecular weight is 506 g/mol. The second-order valence-electron chi connectivity index (χ2n) is 8.61. The topological polar surface area (TPSA) is 126 Å². The number of H-pyrrole nitrogens is 1. The van der Waals surface area contributed by atoms with Crippen LogP contribution in [0.4, 0.5) is 5.82 Å². The number of halogens is 1. The van der Waals surface area contributed by atoms with Crippen LogP contribution in [0.5, 0.6) is 5.75 Å². The minimum atomic E-state index is -0.936. The van der Waals surface area contributed by atoms with Gasteiger partial charge in [0.2, 0.25) is 0 Å². The Morgan fingerprint density at radius 1 is 1.19 bits per heavy atom. The van der Waals surface area contributed by atoms with E-state index in [-0.39, 0.29) is 6.42 Å². The van der Waals surface area contributed by atoms with Gasteiger partial charge in [0, 0.05) is 21.5 Å². The lowest BCUT2D eigenvalue weighted by atomic mass is 10.0. The molecule has 0 amide bonds. The summed E-state index contributed by atoms with van der Waals surface area (Å²) in [6, 6.07) is 10.5. The van der Waals surface area contributed by atoms with E-state index in [1.807, 2.05) is 38.1 Å². The number of hydrogen-bond acceptors (Lipinski definition) is 7. The van der Waals surface area contributed by atoms with Crippen LogP contribution in [0.3, 0.4) is 0 Å². The van der Waals surface area contributed by atoms with Crippen molar-refractivity contribution in [2.45, 2.75) is 33.2 Å². The van der Waals surface area contributed by atoms with Crippen LogP contribution in [-0.4, -0.2) is 38.3 Å². The van der Waals surface area contributed by atoms with Gasteiger partial charge in [-0.3, -0.25) is 4.79 Å². The van der Waals surface area contributed by atoms with Gasteiger partial charge in [0.05, 0.1) is 36.2 Å². The first-order chi connectivity index (χ1) is 17.2. The third-order valence-corrected chi connectivity index (χ3v) is 6.40. The van der Waals surface area contributed by atoms with Gasteiger partial charge in [0.15, 0.2) is 0 Å². The quantitative estimate of drug-likeness (QED) is 0.246. The highest BCUT2D eigenvalue weighted by Gasteiger charge is 2.23. The molecule has 0 aliphatic carbocycles. The van der Waals surface area contributed by atoms with Gasteiger partial charge >= 0.3 is 5.97 Å². The molecule has 0 unspecified atom stereocenters. The lowest BCUT2D eigenvalue weighted by molar-refractivity contribution is -0.137. The molecule has 10 heteroatoms. The SMILES string of the molecule is COc1cc2c(cc1-c1c(C)noc1C)[nH]c1nc(C)nc(N[C@H](CC(=O)O)c3ccc(Cl)cc3)c12. The van der Waals surface area contributed by atoms with E-state index in [0.29, 0.717) is 33.8 Å². The molecule has 2 aromatic carbocycles. The second-order valence-corrected chi connectivity index (χ2v) is 9.05.